The topological polar surface area (TPSA) is 80.8 Å². The summed E-state index contributed by atoms with van der Waals surface area (Å²) in [4.78, 5) is 23.0. The van der Waals surface area contributed by atoms with Crippen molar-refractivity contribution >= 4 is 33.4 Å². The largest absolute Gasteiger partial charge is 0.451 e. The fourth-order valence-corrected chi connectivity index (χ4v) is 3.80. The molecule has 128 valence electrons. The quantitative estimate of drug-likeness (QED) is 0.697. The van der Waals surface area contributed by atoms with Gasteiger partial charge in [-0.2, -0.15) is 4.31 Å². The first-order valence-electron chi connectivity index (χ1n) is 7.16. The van der Waals surface area contributed by atoms with Gasteiger partial charge in [-0.3, -0.25) is 4.79 Å². The fourth-order valence-electron chi connectivity index (χ4n) is 1.84. The van der Waals surface area contributed by atoms with Gasteiger partial charge < -0.3 is 4.74 Å². The summed E-state index contributed by atoms with van der Waals surface area (Å²) in [5, 5.41) is 0.0214. The second kappa shape index (κ2) is 7.90. The number of sulfonamides is 1. The minimum Gasteiger partial charge on any atom is -0.451 e. The van der Waals surface area contributed by atoms with E-state index in [9.17, 15) is 18.0 Å². The maximum Gasteiger partial charge on any atom is 0.338 e. The standard InChI is InChI=1S/C15H20ClNO5S/c1-5-17(6-2)23(20,21)14-9-12(7-8-13(14)16)15(19)22-11(4)10(3)18/h7-9,11H,5-6H2,1-4H3. The first-order valence-corrected chi connectivity index (χ1v) is 8.98. The van der Waals surface area contributed by atoms with Crippen molar-refractivity contribution in [2.24, 2.45) is 0 Å². The van der Waals surface area contributed by atoms with E-state index in [1.54, 1.807) is 13.8 Å². The Morgan fingerprint density at radius 1 is 1.26 bits per heavy atom. The number of halogens is 1. The predicted molar refractivity (Wildman–Crippen MR) is 87.1 cm³/mol. The summed E-state index contributed by atoms with van der Waals surface area (Å²) >= 11 is 5.99. The van der Waals surface area contributed by atoms with Crippen LogP contribution in [0.4, 0.5) is 0 Å². The lowest BCUT2D eigenvalue weighted by molar-refractivity contribution is -0.124. The van der Waals surface area contributed by atoms with Crippen LogP contribution in [0.15, 0.2) is 23.1 Å². The molecule has 0 saturated carbocycles. The smallest absolute Gasteiger partial charge is 0.338 e. The summed E-state index contributed by atoms with van der Waals surface area (Å²) < 4.78 is 31.3. The Hall–Kier alpha value is -1.44. The number of ketones is 1. The number of hydrogen-bond acceptors (Lipinski definition) is 5. The molecule has 0 spiro atoms. The van der Waals surface area contributed by atoms with Gasteiger partial charge in [0.2, 0.25) is 10.0 Å². The highest BCUT2D eigenvalue weighted by Crippen LogP contribution is 2.26. The minimum atomic E-state index is -3.81. The van der Waals surface area contributed by atoms with Crippen LogP contribution in [-0.2, 0) is 19.6 Å². The van der Waals surface area contributed by atoms with Gasteiger partial charge in [0.1, 0.15) is 4.90 Å². The molecule has 0 aliphatic rings. The number of hydrogen-bond donors (Lipinski definition) is 0. The summed E-state index contributed by atoms with van der Waals surface area (Å²) in [6.07, 6.45) is -0.902. The van der Waals surface area contributed by atoms with E-state index in [0.29, 0.717) is 0 Å². The van der Waals surface area contributed by atoms with Crippen LogP contribution >= 0.6 is 11.6 Å². The molecule has 0 heterocycles. The summed E-state index contributed by atoms with van der Waals surface area (Å²) in [6, 6.07) is 3.86. The summed E-state index contributed by atoms with van der Waals surface area (Å²) in [6.45, 7) is 6.74. The Bertz CT molecular complexity index is 698. The van der Waals surface area contributed by atoms with Gasteiger partial charge in [0.25, 0.3) is 0 Å². The van der Waals surface area contributed by atoms with Gasteiger partial charge in [0.05, 0.1) is 10.6 Å². The van der Waals surface area contributed by atoms with Crippen LogP contribution in [0.1, 0.15) is 38.1 Å². The second-order valence-electron chi connectivity index (χ2n) is 4.89. The summed E-state index contributed by atoms with van der Waals surface area (Å²) in [5.74, 6) is -1.08. The molecule has 0 aromatic heterocycles. The Morgan fingerprint density at radius 2 is 1.83 bits per heavy atom. The number of Topliss-reactive ketones (excluding diaryl/α,β-unsaturated/α-hetero) is 1. The predicted octanol–water partition coefficient (Wildman–Crippen LogP) is 2.50. The molecule has 8 heteroatoms. The van der Waals surface area contributed by atoms with Crippen LogP contribution < -0.4 is 0 Å². The molecule has 23 heavy (non-hydrogen) atoms. The highest BCUT2D eigenvalue weighted by molar-refractivity contribution is 7.89. The van der Waals surface area contributed by atoms with Crippen LogP contribution in [0.5, 0.6) is 0 Å². The molecule has 1 rings (SSSR count). The molecule has 0 bridgehead atoms. The van der Waals surface area contributed by atoms with Gasteiger partial charge >= 0.3 is 5.97 Å². The average molecular weight is 362 g/mol. The van der Waals surface area contributed by atoms with E-state index in [1.165, 1.54) is 36.4 Å². The van der Waals surface area contributed by atoms with E-state index in [-0.39, 0.29) is 34.4 Å². The van der Waals surface area contributed by atoms with Crippen molar-refractivity contribution in [1.82, 2.24) is 4.31 Å². The highest BCUT2D eigenvalue weighted by Gasteiger charge is 2.26. The molecule has 6 nitrogen and oxygen atoms in total. The van der Waals surface area contributed by atoms with E-state index in [4.69, 9.17) is 16.3 Å². The molecule has 0 aliphatic carbocycles. The molecule has 0 aliphatic heterocycles. The highest BCUT2D eigenvalue weighted by atomic mass is 35.5. The maximum atomic E-state index is 12.6. The molecule has 1 atom stereocenters. The van der Waals surface area contributed by atoms with E-state index in [1.807, 2.05) is 0 Å². The number of carbonyl (C=O) groups is 2. The van der Waals surface area contributed by atoms with Gasteiger partial charge in [-0.15, -0.1) is 0 Å². The number of nitrogens with zero attached hydrogens (tertiary/aromatic N) is 1. The molecule has 0 amide bonds. The van der Waals surface area contributed by atoms with E-state index < -0.39 is 22.1 Å². The van der Waals surface area contributed by atoms with Gasteiger partial charge in [-0.05, 0) is 32.0 Å². The molecule has 0 fully saturated rings. The van der Waals surface area contributed by atoms with Crippen molar-refractivity contribution in [3.05, 3.63) is 28.8 Å². The normalized spacial score (nSPS) is 13.0. The van der Waals surface area contributed by atoms with Gasteiger partial charge in [-0.1, -0.05) is 25.4 Å². The van der Waals surface area contributed by atoms with Crippen LogP contribution in [0.2, 0.25) is 5.02 Å². The summed E-state index contributed by atoms with van der Waals surface area (Å²) in [5.41, 5.74) is 0.0215. The zero-order chi connectivity index (χ0) is 17.8. The number of carbonyl (C=O) groups excluding carboxylic acids is 2. The van der Waals surface area contributed by atoms with Crippen LogP contribution in [-0.4, -0.2) is 43.7 Å². The number of benzene rings is 1. The lowest BCUT2D eigenvalue weighted by Crippen LogP contribution is -2.31. The molecule has 0 N–H and O–H groups in total. The SMILES string of the molecule is CCN(CC)S(=O)(=O)c1cc(C(=O)OC(C)C(C)=O)ccc1Cl. The maximum absolute atomic E-state index is 12.6. The van der Waals surface area contributed by atoms with Crippen LogP contribution in [0, 0.1) is 0 Å². The minimum absolute atomic E-state index is 0.0214. The first-order chi connectivity index (χ1) is 10.6. The lowest BCUT2D eigenvalue weighted by Gasteiger charge is -2.19. The third-order valence-corrected chi connectivity index (χ3v) is 5.88. The van der Waals surface area contributed by atoms with Crippen LogP contribution in [0.3, 0.4) is 0 Å². The lowest BCUT2D eigenvalue weighted by atomic mass is 10.2. The number of ether oxygens (including phenoxy) is 1. The second-order valence-corrected chi connectivity index (χ2v) is 7.21. The monoisotopic (exact) mass is 361 g/mol. The van der Waals surface area contributed by atoms with Crippen molar-refractivity contribution in [1.29, 1.82) is 0 Å². The summed E-state index contributed by atoms with van der Waals surface area (Å²) in [7, 11) is -3.81. The molecule has 0 saturated heterocycles. The number of esters is 1. The average Bonchev–Trinajstić information content (AvgIpc) is 2.48. The van der Waals surface area contributed by atoms with Crippen LogP contribution in [0.25, 0.3) is 0 Å². The van der Waals surface area contributed by atoms with Crippen molar-refractivity contribution in [3.63, 3.8) is 0 Å². The van der Waals surface area contributed by atoms with Crippen molar-refractivity contribution in [3.8, 4) is 0 Å². The Balaban J connectivity index is 3.23. The number of rotatable bonds is 7. The van der Waals surface area contributed by atoms with E-state index >= 15 is 0 Å². The van der Waals surface area contributed by atoms with E-state index in [2.05, 4.69) is 0 Å². The van der Waals surface area contributed by atoms with Crippen molar-refractivity contribution < 1.29 is 22.7 Å². The molecule has 0 radical (unpaired) electrons. The van der Waals surface area contributed by atoms with Gasteiger partial charge in [-0.25, -0.2) is 13.2 Å². The van der Waals surface area contributed by atoms with E-state index in [0.717, 1.165) is 0 Å². The molecular weight excluding hydrogens is 342 g/mol. The third-order valence-electron chi connectivity index (χ3n) is 3.35. The Morgan fingerprint density at radius 3 is 2.30 bits per heavy atom. The Kier molecular flexibility index (Phi) is 6.73. The van der Waals surface area contributed by atoms with Gasteiger partial charge in [0, 0.05) is 13.1 Å². The third kappa shape index (κ3) is 4.53. The Labute approximate surface area is 141 Å². The molecule has 1 aromatic rings. The molecule has 1 unspecified atom stereocenters. The first kappa shape index (κ1) is 19.6. The zero-order valence-corrected chi connectivity index (χ0v) is 15.1. The van der Waals surface area contributed by atoms with Gasteiger partial charge in [0.15, 0.2) is 11.9 Å². The zero-order valence-electron chi connectivity index (χ0n) is 13.5. The fraction of sp³-hybridized carbons (Fsp3) is 0.467. The molecule has 1 aromatic carbocycles. The van der Waals surface area contributed by atoms with Crippen molar-refractivity contribution in [2.45, 2.75) is 38.7 Å². The molecular formula is C15H20ClNO5S. The van der Waals surface area contributed by atoms with Crippen molar-refractivity contribution in [2.75, 3.05) is 13.1 Å².